The fourth-order valence-electron chi connectivity index (χ4n) is 0. The summed E-state index contributed by atoms with van der Waals surface area (Å²) >= 11 is 3.80. The normalized spacial score (nSPS) is 7.50. The Morgan fingerprint density at radius 1 is 1.75 bits per heavy atom. The van der Waals surface area contributed by atoms with Crippen LogP contribution in [-0.2, 0) is 0 Å². The van der Waals surface area contributed by atoms with Crippen molar-refractivity contribution in [3.8, 4) is 0 Å². The molecule has 1 nitrogen and oxygen atoms in total. The van der Waals surface area contributed by atoms with Gasteiger partial charge in [0.25, 0.3) is 0 Å². The lowest BCUT2D eigenvalue weighted by Crippen LogP contribution is -1.97. The number of hydrogen-bond donors (Lipinski definition) is 2. The SMILES string of the molecule is NCC[35SH]. The molecule has 0 bridgehead atoms. The van der Waals surface area contributed by atoms with Gasteiger partial charge in [0.15, 0.2) is 0 Å². The molecular formula is C2H7NS. The standard InChI is InChI=1S/C2H7NS/c3-1-2-4/h4H,1-3H2/i4+3. The van der Waals surface area contributed by atoms with Crippen molar-refractivity contribution in [1.29, 1.82) is 0 Å². The minimum Gasteiger partial charge on any atom is -0.330 e. The van der Waals surface area contributed by atoms with Crippen molar-refractivity contribution in [2.45, 2.75) is 0 Å². The zero-order chi connectivity index (χ0) is 3.41. The molecule has 26 valence electrons. The predicted octanol–water partition coefficient (Wildman–Crippen LogP) is -0.125. The highest BCUT2D eigenvalue weighted by atomic mass is 35.0. The molecule has 0 radical (unpaired) electrons. The molecule has 0 fully saturated rings. The smallest absolute Gasteiger partial charge is 0.00255 e. The molecule has 0 aromatic carbocycles. The Morgan fingerprint density at radius 2 is 2.00 bits per heavy atom. The number of hydrogen-bond acceptors (Lipinski definition) is 2. The predicted molar refractivity (Wildman–Crippen MR) is 22.9 cm³/mol. The van der Waals surface area contributed by atoms with Crippen molar-refractivity contribution in [1.82, 2.24) is 0 Å². The average molecular weight is 80.1 g/mol. The molecule has 0 aromatic heterocycles. The first-order valence-electron chi connectivity index (χ1n) is 1.22. The van der Waals surface area contributed by atoms with E-state index >= 15 is 0 Å². The number of nitrogens with two attached hydrogens (primary N) is 1. The molecule has 0 atom stereocenters. The van der Waals surface area contributed by atoms with Crippen molar-refractivity contribution >= 4 is 12.6 Å². The summed E-state index contributed by atoms with van der Waals surface area (Å²) in [7, 11) is 0. The third kappa shape index (κ3) is 2.31. The monoisotopic (exact) mass is 80.0 g/mol. The van der Waals surface area contributed by atoms with Crippen LogP contribution in [0, 0.1) is 0 Å². The Balaban J connectivity index is 1.97. The van der Waals surface area contributed by atoms with Crippen LogP contribution in [0.3, 0.4) is 0 Å². The van der Waals surface area contributed by atoms with Crippen molar-refractivity contribution in [3.63, 3.8) is 0 Å². The number of thiol groups is 1. The lowest BCUT2D eigenvalue weighted by molar-refractivity contribution is 1.16. The van der Waals surface area contributed by atoms with Crippen LogP contribution in [0.4, 0.5) is 0 Å². The van der Waals surface area contributed by atoms with E-state index in [2.05, 4.69) is 12.6 Å². The van der Waals surface area contributed by atoms with Gasteiger partial charge in [0.1, 0.15) is 0 Å². The van der Waals surface area contributed by atoms with Crippen LogP contribution in [0.2, 0.25) is 0 Å². The van der Waals surface area contributed by atoms with Gasteiger partial charge in [-0.15, -0.1) is 0 Å². The largest absolute Gasteiger partial charge is 0.330 e. The molecule has 0 aliphatic heterocycles. The van der Waals surface area contributed by atoms with Crippen molar-refractivity contribution in [2.24, 2.45) is 5.73 Å². The molecule has 0 unspecified atom stereocenters. The Hall–Kier alpha value is 0.310. The highest BCUT2D eigenvalue weighted by molar-refractivity contribution is 7.80. The highest BCUT2D eigenvalue weighted by Crippen LogP contribution is 1.58. The van der Waals surface area contributed by atoms with Crippen LogP contribution < -0.4 is 5.73 Å². The fraction of sp³-hybridized carbons (Fsp3) is 1.00. The Labute approximate surface area is 31.6 Å². The Morgan fingerprint density at radius 3 is 2.00 bits per heavy atom. The molecule has 2 heteroatoms. The molecule has 2 N–H and O–H groups in total. The first kappa shape index (κ1) is 4.31. The fourth-order valence-corrected chi connectivity index (χ4v) is 0. The van der Waals surface area contributed by atoms with Crippen LogP contribution in [0.15, 0.2) is 0 Å². The zero-order valence-corrected chi connectivity index (χ0v) is 3.33. The lowest BCUT2D eigenvalue weighted by atomic mass is 10.8. The summed E-state index contributed by atoms with van der Waals surface area (Å²) < 4.78 is 0. The van der Waals surface area contributed by atoms with E-state index < -0.39 is 0 Å². The maximum absolute atomic E-state index is 4.95. The van der Waals surface area contributed by atoms with E-state index in [1.165, 1.54) is 0 Å². The van der Waals surface area contributed by atoms with E-state index in [0.717, 1.165) is 5.75 Å². The summed E-state index contributed by atoms with van der Waals surface area (Å²) in [5.74, 6) is 0.792. The Bertz CT molecular complexity index is 8.00. The van der Waals surface area contributed by atoms with Crippen LogP contribution in [0.5, 0.6) is 0 Å². The first-order valence-corrected chi connectivity index (χ1v) is 1.86. The van der Waals surface area contributed by atoms with E-state index in [1.54, 1.807) is 0 Å². The quantitative estimate of drug-likeness (QED) is 0.422. The van der Waals surface area contributed by atoms with Gasteiger partial charge in [-0.3, -0.25) is 0 Å². The summed E-state index contributed by atoms with van der Waals surface area (Å²) in [6.07, 6.45) is 0. The van der Waals surface area contributed by atoms with Crippen LogP contribution in [-0.4, -0.2) is 12.3 Å². The van der Waals surface area contributed by atoms with Gasteiger partial charge < -0.3 is 5.73 Å². The molecule has 0 rings (SSSR count). The molecular weight excluding hydrogens is 73.0 g/mol. The van der Waals surface area contributed by atoms with E-state index in [1.807, 2.05) is 0 Å². The second kappa shape index (κ2) is 3.31. The first-order chi connectivity index (χ1) is 1.91. The zero-order valence-electron chi connectivity index (χ0n) is 2.44. The summed E-state index contributed by atoms with van der Waals surface area (Å²) in [5, 5.41) is 0. The molecule has 0 saturated heterocycles. The molecule has 0 aliphatic carbocycles. The highest BCUT2D eigenvalue weighted by Gasteiger charge is 1.56. The molecule has 0 aliphatic rings. The minimum atomic E-state index is 0.684. The molecule has 4 heavy (non-hydrogen) atoms. The third-order valence-corrected chi connectivity index (χ3v) is 0.387. The summed E-state index contributed by atoms with van der Waals surface area (Å²) in [6.45, 7) is 0.684. The summed E-state index contributed by atoms with van der Waals surface area (Å²) in [6, 6.07) is 0. The van der Waals surface area contributed by atoms with Gasteiger partial charge in [0.05, 0.1) is 0 Å². The molecule has 0 heterocycles. The topological polar surface area (TPSA) is 26.0 Å². The van der Waals surface area contributed by atoms with E-state index in [0.29, 0.717) is 6.54 Å². The van der Waals surface area contributed by atoms with Crippen LogP contribution in [0.25, 0.3) is 0 Å². The maximum atomic E-state index is 4.95. The summed E-state index contributed by atoms with van der Waals surface area (Å²) in [4.78, 5) is 0. The van der Waals surface area contributed by atoms with Crippen LogP contribution in [0.1, 0.15) is 0 Å². The van der Waals surface area contributed by atoms with Gasteiger partial charge in [-0.1, -0.05) is 0 Å². The summed E-state index contributed by atoms with van der Waals surface area (Å²) in [5.41, 5.74) is 4.95. The van der Waals surface area contributed by atoms with Crippen molar-refractivity contribution < 1.29 is 0 Å². The lowest BCUT2D eigenvalue weighted by Gasteiger charge is -1.69. The van der Waals surface area contributed by atoms with Gasteiger partial charge >= 0.3 is 0 Å². The Kier molecular flexibility index (Phi) is 3.57. The molecule has 0 saturated carbocycles. The van der Waals surface area contributed by atoms with Gasteiger partial charge in [-0.2, -0.15) is 12.6 Å². The third-order valence-electron chi connectivity index (χ3n) is 0.129. The second-order valence-electron chi connectivity index (χ2n) is 0.512. The van der Waals surface area contributed by atoms with E-state index in [-0.39, 0.29) is 0 Å². The minimum absolute atomic E-state index is 0.684. The maximum Gasteiger partial charge on any atom is 0.00255 e. The average Bonchev–Trinajstić information content (AvgIpc) is 1.37. The van der Waals surface area contributed by atoms with E-state index in [4.69, 9.17) is 5.73 Å². The van der Waals surface area contributed by atoms with Crippen LogP contribution >= 0.6 is 12.6 Å². The molecule has 0 aromatic rings. The van der Waals surface area contributed by atoms with Gasteiger partial charge in [0.2, 0.25) is 0 Å². The second-order valence-corrected chi connectivity index (χ2v) is 0.959. The van der Waals surface area contributed by atoms with Crippen molar-refractivity contribution in [3.05, 3.63) is 0 Å². The molecule has 0 amide bonds. The van der Waals surface area contributed by atoms with Crippen molar-refractivity contribution in [2.75, 3.05) is 12.3 Å². The number of rotatable bonds is 1. The molecule has 0 spiro atoms. The van der Waals surface area contributed by atoms with Gasteiger partial charge in [0, 0.05) is 12.3 Å². The van der Waals surface area contributed by atoms with E-state index in [9.17, 15) is 0 Å². The van der Waals surface area contributed by atoms with Gasteiger partial charge in [-0.25, -0.2) is 0 Å². The van der Waals surface area contributed by atoms with Gasteiger partial charge in [-0.05, 0) is 0 Å².